The number of carbonyl (C=O) groups is 2. The lowest BCUT2D eigenvalue weighted by Gasteiger charge is -2.34. The van der Waals surface area contributed by atoms with E-state index in [2.05, 4.69) is 21.2 Å². The first-order valence-electron chi connectivity index (χ1n) is 9.25. The molecule has 1 aliphatic heterocycles. The smallest absolute Gasteiger partial charge is 0.336 e. The molecule has 0 radical (unpaired) electrons. The molecule has 1 atom stereocenters. The van der Waals surface area contributed by atoms with E-state index in [-0.39, 0.29) is 12.4 Å². The lowest BCUT2D eigenvalue weighted by Crippen LogP contribution is -2.34. The van der Waals surface area contributed by atoms with E-state index in [1.807, 2.05) is 13.0 Å². The summed E-state index contributed by atoms with van der Waals surface area (Å²) in [6, 6.07) is 3.61. The van der Waals surface area contributed by atoms with Crippen molar-refractivity contribution >= 4 is 27.7 Å². The number of hydrogen-bond acceptors (Lipinski definition) is 6. The molecule has 0 amide bonds. The Morgan fingerprint density at radius 2 is 1.89 bits per heavy atom. The highest BCUT2D eigenvalue weighted by atomic mass is 79.9. The van der Waals surface area contributed by atoms with Gasteiger partial charge in [0.15, 0.2) is 17.3 Å². The molecule has 0 spiro atoms. The van der Waals surface area contributed by atoms with Gasteiger partial charge in [-0.3, -0.25) is 4.79 Å². The van der Waals surface area contributed by atoms with Crippen LogP contribution >= 0.6 is 15.9 Å². The Balaban J connectivity index is 2.24. The summed E-state index contributed by atoms with van der Waals surface area (Å²) in [7, 11) is 3.12. The van der Waals surface area contributed by atoms with E-state index in [4.69, 9.17) is 14.2 Å². The first-order valence-corrected chi connectivity index (χ1v) is 10.0. The van der Waals surface area contributed by atoms with Crippen molar-refractivity contribution in [1.82, 2.24) is 5.32 Å². The van der Waals surface area contributed by atoms with E-state index in [1.165, 1.54) is 0 Å². The van der Waals surface area contributed by atoms with Gasteiger partial charge in [0.1, 0.15) is 0 Å². The minimum Gasteiger partial charge on any atom is -0.493 e. The summed E-state index contributed by atoms with van der Waals surface area (Å²) in [6.07, 6.45) is 2.04. The average Bonchev–Trinajstić information content (AvgIpc) is 2.67. The van der Waals surface area contributed by atoms with Crippen molar-refractivity contribution < 1.29 is 23.8 Å². The fourth-order valence-corrected chi connectivity index (χ4v) is 4.42. The number of rotatable bonds is 5. The van der Waals surface area contributed by atoms with Gasteiger partial charge < -0.3 is 19.5 Å². The third-order valence-corrected chi connectivity index (χ3v) is 5.77. The summed E-state index contributed by atoms with van der Waals surface area (Å²) in [5.74, 6) is 0.191. The van der Waals surface area contributed by atoms with Crippen LogP contribution in [0.2, 0.25) is 0 Å². The molecule has 3 rings (SSSR count). The van der Waals surface area contributed by atoms with Crippen molar-refractivity contribution in [3.05, 3.63) is 44.7 Å². The van der Waals surface area contributed by atoms with Crippen LogP contribution in [-0.4, -0.2) is 32.6 Å². The quantitative estimate of drug-likeness (QED) is 0.684. The molecule has 1 heterocycles. The van der Waals surface area contributed by atoms with E-state index >= 15 is 0 Å². The van der Waals surface area contributed by atoms with Crippen LogP contribution < -0.4 is 14.8 Å². The van der Waals surface area contributed by atoms with Gasteiger partial charge in [-0.05, 0) is 44.4 Å². The topological polar surface area (TPSA) is 73.9 Å². The van der Waals surface area contributed by atoms with Gasteiger partial charge in [-0.25, -0.2) is 4.79 Å². The molecule has 6 nitrogen and oxygen atoms in total. The van der Waals surface area contributed by atoms with Crippen LogP contribution in [-0.2, 0) is 14.3 Å². The second-order valence-electron chi connectivity index (χ2n) is 6.71. The van der Waals surface area contributed by atoms with Crippen molar-refractivity contribution in [2.75, 3.05) is 20.8 Å². The molecule has 1 aromatic carbocycles. The molecule has 1 unspecified atom stereocenters. The molecule has 7 heteroatoms. The Kier molecular flexibility index (Phi) is 6.13. The fourth-order valence-electron chi connectivity index (χ4n) is 3.86. The number of halogens is 1. The normalized spacial score (nSPS) is 19.2. The molecule has 0 saturated heterocycles. The van der Waals surface area contributed by atoms with Crippen molar-refractivity contribution in [2.45, 2.75) is 39.0 Å². The second kappa shape index (κ2) is 8.39. The van der Waals surface area contributed by atoms with Crippen molar-refractivity contribution in [3.8, 4) is 11.5 Å². The van der Waals surface area contributed by atoms with Gasteiger partial charge in [0, 0.05) is 33.8 Å². The zero-order valence-electron chi connectivity index (χ0n) is 16.5. The van der Waals surface area contributed by atoms with Crippen LogP contribution in [0.4, 0.5) is 0 Å². The zero-order chi connectivity index (χ0) is 20.4. The van der Waals surface area contributed by atoms with E-state index < -0.39 is 11.9 Å². The number of methoxy groups -OCH3 is 2. The molecule has 1 aromatic rings. The van der Waals surface area contributed by atoms with Gasteiger partial charge in [-0.2, -0.15) is 0 Å². The van der Waals surface area contributed by atoms with Crippen LogP contribution in [0.25, 0.3) is 0 Å². The number of hydrogen-bond donors (Lipinski definition) is 1. The number of ether oxygens (including phenoxy) is 3. The lowest BCUT2D eigenvalue weighted by molar-refractivity contribution is -0.138. The maximum atomic E-state index is 12.9. The predicted molar refractivity (Wildman–Crippen MR) is 108 cm³/mol. The third-order valence-electron chi connectivity index (χ3n) is 5.09. The number of allylic oxidation sites excluding steroid dienone is 3. The van der Waals surface area contributed by atoms with E-state index in [9.17, 15) is 9.59 Å². The Labute approximate surface area is 173 Å². The summed E-state index contributed by atoms with van der Waals surface area (Å²) in [4.78, 5) is 25.7. The lowest BCUT2D eigenvalue weighted by atomic mass is 9.75. The summed E-state index contributed by atoms with van der Waals surface area (Å²) < 4.78 is 16.9. The minimum absolute atomic E-state index is 0.0507. The third kappa shape index (κ3) is 3.55. The SMILES string of the molecule is CCOC(=O)C1=C(C)NC2=C(C(=O)CCC2)C1c1cc(OC)c(OC)cc1Br. The molecule has 0 fully saturated rings. The molecule has 28 heavy (non-hydrogen) atoms. The summed E-state index contributed by atoms with van der Waals surface area (Å²) in [5, 5.41) is 3.27. The van der Waals surface area contributed by atoms with Crippen molar-refractivity contribution in [2.24, 2.45) is 0 Å². The Hall–Kier alpha value is -2.28. The summed E-state index contributed by atoms with van der Waals surface area (Å²) in [5.41, 5.74) is 3.44. The number of Topliss-reactive ketones (excluding diaryl/α,β-unsaturated/α-hetero) is 1. The van der Waals surface area contributed by atoms with Gasteiger partial charge in [0.05, 0.1) is 26.4 Å². The van der Waals surface area contributed by atoms with Crippen LogP contribution in [0.5, 0.6) is 11.5 Å². The first-order chi connectivity index (χ1) is 13.4. The van der Waals surface area contributed by atoms with Gasteiger partial charge >= 0.3 is 5.97 Å². The Bertz CT molecular complexity index is 887. The minimum atomic E-state index is -0.530. The van der Waals surface area contributed by atoms with Gasteiger partial charge in [-0.1, -0.05) is 15.9 Å². The standard InChI is InChI=1S/C21H24BrNO5/c1-5-28-21(25)18-11(2)23-14-7-6-8-15(24)20(14)19(18)12-9-16(26-3)17(27-4)10-13(12)22/h9-10,19,23H,5-8H2,1-4H3. The van der Waals surface area contributed by atoms with Crippen molar-refractivity contribution in [3.63, 3.8) is 0 Å². The highest BCUT2D eigenvalue weighted by Gasteiger charge is 2.40. The maximum Gasteiger partial charge on any atom is 0.336 e. The number of benzene rings is 1. The predicted octanol–water partition coefficient (Wildman–Crippen LogP) is 4.00. The van der Waals surface area contributed by atoms with E-state index in [0.29, 0.717) is 34.8 Å². The number of carbonyl (C=O) groups excluding carboxylic acids is 2. The van der Waals surface area contributed by atoms with E-state index in [0.717, 1.165) is 28.6 Å². The van der Waals surface area contributed by atoms with E-state index in [1.54, 1.807) is 27.2 Å². The molecule has 0 saturated carbocycles. The second-order valence-corrected chi connectivity index (χ2v) is 7.57. The molecule has 1 aliphatic carbocycles. The number of esters is 1. The maximum absolute atomic E-state index is 12.9. The molecule has 2 aliphatic rings. The first kappa shape index (κ1) is 20.5. The fraction of sp³-hybridized carbons (Fsp3) is 0.429. The number of dihydropyridines is 1. The average molecular weight is 450 g/mol. The Morgan fingerprint density at radius 1 is 1.21 bits per heavy atom. The summed E-state index contributed by atoms with van der Waals surface area (Å²) in [6.45, 7) is 3.87. The molecular formula is C21H24BrNO5. The van der Waals surface area contributed by atoms with Gasteiger partial charge in [0.25, 0.3) is 0 Å². The number of ketones is 1. The van der Waals surface area contributed by atoms with Crippen LogP contribution in [0.15, 0.2) is 39.1 Å². The molecule has 0 aromatic heterocycles. The zero-order valence-corrected chi connectivity index (χ0v) is 18.1. The highest BCUT2D eigenvalue weighted by Crippen LogP contribution is 2.47. The largest absolute Gasteiger partial charge is 0.493 e. The van der Waals surface area contributed by atoms with Gasteiger partial charge in [0.2, 0.25) is 0 Å². The monoisotopic (exact) mass is 449 g/mol. The number of nitrogens with one attached hydrogen (secondary N) is 1. The molecule has 150 valence electrons. The van der Waals surface area contributed by atoms with Crippen LogP contribution in [0, 0.1) is 0 Å². The van der Waals surface area contributed by atoms with Crippen LogP contribution in [0.1, 0.15) is 44.6 Å². The molecule has 0 bridgehead atoms. The molecular weight excluding hydrogens is 426 g/mol. The summed E-state index contributed by atoms with van der Waals surface area (Å²) >= 11 is 3.59. The highest BCUT2D eigenvalue weighted by molar-refractivity contribution is 9.10. The van der Waals surface area contributed by atoms with Gasteiger partial charge in [-0.15, -0.1) is 0 Å². The molecule has 1 N–H and O–H groups in total. The van der Waals surface area contributed by atoms with Crippen molar-refractivity contribution in [1.29, 1.82) is 0 Å². The Morgan fingerprint density at radius 3 is 2.54 bits per heavy atom. The van der Waals surface area contributed by atoms with Crippen LogP contribution in [0.3, 0.4) is 0 Å².